The van der Waals surface area contributed by atoms with Crippen molar-refractivity contribution in [3.05, 3.63) is 35.5 Å². The molecule has 0 fully saturated rings. The van der Waals surface area contributed by atoms with Crippen LogP contribution in [-0.4, -0.2) is 4.98 Å². The van der Waals surface area contributed by atoms with E-state index in [-0.39, 0.29) is 5.69 Å². The van der Waals surface area contributed by atoms with Crippen LogP contribution in [0.3, 0.4) is 0 Å². The van der Waals surface area contributed by atoms with Crippen LogP contribution in [0.4, 0.5) is 8.78 Å². The second-order valence-electron chi connectivity index (χ2n) is 3.15. The average molecular weight is 196 g/mol. The molecule has 0 atom stereocenters. The monoisotopic (exact) mass is 196 g/mol. The molecule has 14 heavy (non-hydrogen) atoms. The van der Waals surface area contributed by atoms with E-state index in [0.717, 1.165) is 16.5 Å². The summed E-state index contributed by atoms with van der Waals surface area (Å²) < 4.78 is 24.7. The van der Waals surface area contributed by atoms with E-state index in [1.165, 1.54) is 6.07 Å². The van der Waals surface area contributed by atoms with Crippen LogP contribution in [0, 0.1) is 0 Å². The van der Waals surface area contributed by atoms with Gasteiger partial charge in [-0.2, -0.15) is 0 Å². The Balaban J connectivity index is 2.54. The summed E-state index contributed by atoms with van der Waals surface area (Å²) in [5, 5.41) is 0.781. The van der Waals surface area contributed by atoms with Crippen LogP contribution >= 0.6 is 0 Å². The SMILES string of the molecule is NCc1ccc2[nH]c(C(F)F)cc2c1. The maximum absolute atomic E-state index is 12.3. The molecule has 74 valence electrons. The van der Waals surface area contributed by atoms with E-state index in [0.29, 0.717) is 6.54 Å². The number of fused-ring (bicyclic) bond motifs is 1. The lowest BCUT2D eigenvalue weighted by Crippen LogP contribution is -1.94. The van der Waals surface area contributed by atoms with Gasteiger partial charge in [0.05, 0.1) is 5.69 Å². The van der Waals surface area contributed by atoms with Crippen molar-refractivity contribution in [2.75, 3.05) is 0 Å². The molecule has 4 heteroatoms. The van der Waals surface area contributed by atoms with E-state index in [4.69, 9.17) is 5.73 Å². The number of nitrogens with two attached hydrogens (primary N) is 1. The van der Waals surface area contributed by atoms with Crippen molar-refractivity contribution >= 4 is 10.9 Å². The van der Waals surface area contributed by atoms with E-state index in [1.54, 1.807) is 6.07 Å². The highest BCUT2D eigenvalue weighted by atomic mass is 19.3. The van der Waals surface area contributed by atoms with Gasteiger partial charge in [-0.05, 0) is 23.8 Å². The average Bonchev–Trinajstić information content (AvgIpc) is 2.59. The summed E-state index contributed by atoms with van der Waals surface area (Å²) in [6.07, 6.45) is -2.45. The van der Waals surface area contributed by atoms with Crippen LogP contribution in [0.2, 0.25) is 0 Å². The normalized spacial score (nSPS) is 11.4. The van der Waals surface area contributed by atoms with E-state index >= 15 is 0 Å². The first-order valence-corrected chi connectivity index (χ1v) is 4.30. The van der Waals surface area contributed by atoms with Crippen molar-refractivity contribution in [2.45, 2.75) is 13.0 Å². The van der Waals surface area contributed by atoms with Gasteiger partial charge in [0.25, 0.3) is 6.43 Å². The van der Waals surface area contributed by atoms with E-state index in [2.05, 4.69) is 4.98 Å². The van der Waals surface area contributed by atoms with Crippen LogP contribution in [0.5, 0.6) is 0 Å². The molecule has 0 aliphatic rings. The topological polar surface area (TPSA) is 41.8 Å². The maximum Gasteiger partial charge on any atom is 0.278 e. The molecule has 0 saturated heterocycles. The van der Waals surface area contributed by atoms with Crippen LogP contribution < -0.4 is 5.73 Å². The molecule has 1 aromatic carbocycles. The Labute approximate surface area is 79.7 Å². The smallest absolute Gasteiger partial charge is 0.278 e. The van der Waals surface area contributed by atoms with Crippen LogP contribution in [0.15, 0.2) is 24.3 Å². The number of rotatable bonds is 2. The first-order valence-electron chi connectivity index (χ1n) is 4.30. The van der Waals surface area contributed by atoms with Gasteiger partial charge in [-0.25, -0.2) is 8.78 Å². The number of hydrogen-bond acceptors (Lipinski definition) is 1. The molecular formula is C10H10F2N2. The second kappa shape index (κ2) is 3.38. The molecule has 0 unspecified atom stereocenters. The number of halogens is 2. The first kappa shape index (κ1) is 9.15. The van der Waals surface area contributed by atoms with Crippen LogP contribution in [-0.2, 0) is 6.54 Å². The summed E-state index contributed by atoms with van der Waals surface area (Å²) in [4.78, 5) is 2.66. The molecule has 0 aliphatic heterocycles. The van der Waals surface area contributed by atoms with Crippen molar-refractivity contribution < 1.29 is 8.78 Å². The van der Waals surface area contributed by atoms with Crippen molar-refractivity contribution in [1.29, 1.82) is 0 Å². The molecule has 1 aromatic heterocycles. The summed E-state index contributed by atoms with van der Waals surface area (Å²) in [7, 11) is 0. The second-order valence-corrected chi connectivity index (χ2v) is 3.15. The number of benzene rings is 1. The van der Waals surface area contributed by atoms with Gasteiger partial charge < -0.3 is 10.7 Å². The Hall–Kier alpha value is -1.42. The zero-order valence-electron chi connectivity index (χ0n) is 7.43. The number of H-pyrrole nitrogens is 1. The van der Waals surface area contributed by atoms with Crippen molar-refractivity contribution in [3.8, 4) is 0 Å². The summed E-state index contributed by atoms with van der Waals surface area (Å²) in [6, 6.07) is 6.87. The highest BCUT2D eigenvalue weighted by Crippen LogP contribution is 2.23. The Kier molecular flexibility index (Phi) is 2.21. The Morgan fingerprint density at radius 1 is 1.29 bits per heavy atom. The fourth-order valence-corrected chi connectivity index (χ4v) is 1.45. The summed E-state index contributed by atoms with van der Waals surface area (Å²) >= 11 is 0. The van der Waals surface area contributed by atoms with Gasteiger partial charge in [-0.15, -0.1) is 0 Å². The van der Waals surface area contributed by atoms with Gasteiger partial charge in [0, 0.05) is 17.4 Å². The van der Waals surface area contributed by atoms with Crippen molar-refractivity contribution in [2.24, 2.45) is 5.73 Å². The molecular weight excluding hydrogens is 186 g/mol. The molecule has 1 heterocycles. The number of aromatic amines is 1. The van der Waals surface area contributed by atoms with E-state index < -0.39 is 6.43 Å². The number of aromatic nitrogens is 1. The minimum atomic E-state index is -2.45. The molecule has 2 nitrogen and oxygen atoms in total. The number of hydrogen-bond donors (Lipinski definition) is 2. The van der Waals surface area contributed by atoms with Crippen LogP contribution in [0.1, 0.15) is 17.7 Å². The quantitative estimate of drug-likeness (QED) is 0.761. The molecule has 0 bridgehead atoms. The summed E-state index contributed by atoms with van der Waals surface area (Å²) in [5.41, 5.74) is 7.06. The largest absolute Gasteiger partial charge is 0.354 e. The van der Waals surface area contributed by atoms with Gasteiger partial charge in [-0.3, -0.25) is 0 Å². The molecule has 0 aliphatic carbocycles. The predicted octanol–water partition coefficient (Wildman–Crippen LogP) is 2.56. The lowest BCUT2D eigenvalue weighted by Gasteiger charge is -1.95. The Bertz CT molecular complexity index is 448. The number of alkyl halides is 2. The molecule has 0 saturated carbocycles. The molecule has 0 amide bonds. The minimum Gasteiger partial charge on any atom is -0.354 e. The maximum atomic E-state index is 12.3. The first-order chi connectivity index (χ1) is 6.70. The summed E-state index contributed by atoms with van der Waals surface area (Å²) in [6.45, 7) is 0.422. The van der Waals surface area contributed by atoms with E-state index in [9.17, 15) is 8.78 Å². The van der Waals surface area contributed by atoms with Gasteiger partial charge in [0.15, 0.2) is 0 Å². The number of nitrogens with one attached hydrogen (secondary N) is 1. The molecule has 3 N–H and O–H groups in total. The highest BCUT2D eigenvalue weighted by molar-refractivity contribution is 5.81. The lowest BCUT2D eigenvalue weighted by atomic mass is 10.1. The molecule has 2 rings (SSSR count). The highest BCUT2D eigenvalue weighted by Gasteiger charge is 2.10. The van der Waals surface area contributed by atoms with Gasteiger partial charge in [-0.1, -0.05) is 6.07 Å². The van der Waals surface area contributed by atoms with Gasteiger partial charge in [0.2, 0.25) is 0 Å². The summed E-state index contributed by atoms with van der Waals surface area (Å²) in [5.74, 6) is 0. The predicted molar refractivity (Wildman–Crippen MR) is 51.1 cm³/mol. The minimum absolute atomic E-state index is 0.0471. The fourth-order valence-electron chi connectivity index (χ4n) is 1.45. The third kappa shape index (κ3) is 1.48. The fraction of sp³-hybridized carbons (Fsp3) is 0.200. The molecule has 2 aromatic rings. The third-order valence-corrected chi connectivity index (χ3v) is 2.18. The Morgan fingerprint density at radius 3 is 2.71 bits per heavy atom. The Morgan fingerprint density at radius 2 is 2.07 bits per heavy atom. The third-order valence-electron chi connectivity index (χ3n) is 2.18. The van der Waals surface area contributed by atoms with Crippen molar-refractivity contribution in [3.63, 3.8) is 0 Å². The lowest BCUT2D eigenvalue weighted by molar-refractivity contribution is 0.147. The zero-order chi connectivity index (χ0) is 10.1. The standard InChI is InChI=1S/C10H10F2N2/c11-10(12)9-4-7-3-6(5-13)1-2-8(7)14-9/h1-4,10,14H,5,13H2. The molecule has 0 spiro atoms. The van der Waals surface area contributed by atoms with Crippen molar-refractivity contribution in [1.82, 2.24) is 4.98 Å². The molecule has 0 radical (unpaired) electrons. The van der Waals surface area contributed by atoms with Gasteiger partial charge >= 0.3 is 0 Å². The van der Waals surface area contributed by atoms with Gasteiger partial charge in [0.1, 0.15) is 0 Å². The van der Waals surface area contributed by atoms with E-state index in [1.807, 2.05) is 12.1 Å². The van der Waals surface area contributed by atoms with Crippen LogP contribution in [0.25, 0.3) is 10.9 Å². The zero-order valence-corrected chi connectivity index (χ0v) is 7.43.